The van der Waals surface area contributed by atoms with Crippen LogP contribution in [0.25, 0.3) is 0 Å². The fraction of sp³-hybridized carbons (Fsp3) is 0.500. The van der Waals surface area contributed by atoms with Crippen molar-refractivity contribution in [1.82, 2.24) is 10.5 Å². The van der Waals surface area contributed by atoms with Crippen LogP contribution in [-0.4, -0.2) is 40.4 Å². The summed E-state index contributed by atoms with van der Waals surface area (Å²) in [6, 6.07) is 1.36. The Hall–Kier alpha value is -2.10. The lowest BCUT2D eigenvalue weighted by atomic mass is 10.0. The van der Waals surface area contributed by atoms with E-state index in [2.05, 4.69) is 15.0 Å². The molecular formula is C10H12F3N3O4. The van der Waals surface area contributed by atoms with Crippen molar-refractivity contribution in [2.45, 2.75) is 25.6 Å². The summed E-state index contributed by atoms with van der Waals surface area (Å²) in [7, 11) is 0. The summed E-state index contributed by atoms with van der Waals surface area (Å²) >= 11 is 0. The number of nitrogens with one attached hydrogen (secondary N) is 2. The smallest absolute Gasteiger partial charge is 0.417 e. The molecule has 7 nitrogen and oxygen atoms in total. The van der Waals surface area contributed by atoms with Crippen molar-refractivity contribution in [1.29, 1.82) is 0 Å². The van der Waals surface area contributed by atoms with E-state index in [1.54, 1.807) is 12.2 Å². The van der Waals surface area contributed by atoms with E-state index in [1.807, 2.05) is 0 Å². The van der Waals surface area contributed by atoms with Gasteiger partial charge in [-0.1, -0.05) is 5.16 Å². The Kier molecular flexibility index (Phi) is 4.38. The van der Waals surface area contributed by atoms with E-state index in [9.17, 15) is 22.8 Å². The van der Waals surface area contributed by atoms with E-state index in [1.165, 1.54) is 6.07 Å². The van der Waals surface area contributed by atoms with Gasteiger partial charge in [-0.3, -0.25) is 10.1 Å². The van der Waals surface area contributed by atoms with E-state index in [-0.39, 0.29) is 5.82 Å². The molecule has 0 aromatic carbocycles. The van der Waals surface area contributed by atoms with E-state index >= 15 is 0 Å². The zero-order chi connectivity index (χ0) is 15.6. The lowest BCUT2D eigenvalue weighted by Crippen LogP contribution is -2.61. The molecule has 0 aliphatic carbocycles. The zero-order valence-corrected chi connectivity index (χ0v) is 10.5. The first-order valence-corrected chi connectivity index (χ1v) is 5.34. The van der Waals surface area contributed by atoms with Gasteiger partial charge in [0.25, 0.3) is 0 Å². The first kappa shape index (κ1) is 16.0. The average molecular weight is 295 g/mol. The Morgan fingerprint density at radius 2 is 2.05 bits per heavy atom. The van der Waals surface area contributed by atoms with Crippen LogP contribution in [0.15, 0.2) is 10.6 Å². The second kappa shape index (κ2) is 5.49. The third-order valence-electron chi connectivity index (χ3n) is 2.49. The monoisotopic (exact) mass is 295 g/mol. The first-order valence-electron chi connectivity index (χ1n) is 5.34. The number of carbonyl (C=O) groups excluding carboxylic acids is 1. The van der Waals surface area contributed by atoms with E-state index < -0.39 is 30.1 Å². The molecule has 1 aromatic heterocycles. The minimum Gasteiger partial charge on any atom is -0.480 e. The van der Waals surface area contributed by atoms with Crippen molar-refractivity contribution >= 4 is 17.7 Å². The SMILES string of the molecule is Cc1cc(NC(=O)CNC(C)(C(=O)O)C(F)(F)F)no1. The fourth-order valence-corrected chi connectivity index (χ4v) is 1.17. The number of aryl methyl sites for hydroxylation is 1. The minimum absolute atomic E-state index is 0.0262. The molecule has 1 amide bonds. The van der Waals surface area contributed by atoms with Gasteiger partial charge in [0.1, 0.15) is 5.76 Å². The molecule has 1 unspecified atom stereocenters. The second-order valence-corrected chi connectivity index (χ2v) is 4.15. The van der Waals surface area contributed by atoms with Gasteiger partial charge in [0, 0.05) is 6.07 Å². The second-order valence-electron chi connectivity index (χ2n) is 4.15. The van der Waals surface area contributed by atoms with Crippen molar-refractivity contribution in [3.63, 3.8) is 0 Å². The summed E-state index contributed by atoms with van der Waals surface area (Å²) in [5.41, 5.74) is -3.22. The zero-order valence-electron chi connectivity index (χ0n) is 10.5. The van der Waals surface area contributed by atoms with Gasteiger partial charge in [0.15, 0.2) is 5.82 Å². The molecule has 0 fully saturated rings. The summed E-state index contributed by atoms with van der Waals surface area (Å²) in [5, 5.41) is 15.9. The Balaban J connectivity index is 2.65. The number of aromatic nitrogens is 1. The molecule has 0 saturated heterocycles. The number of alkyl halides is 3. The van der Waals surface area contributed by atoms with E-state index in [0.29, 0.717) is 12.7 Å². The Labute approximate surface area is 111 Å². The Bertz CT molecular complexity index is 514. The van der Waals surface area contributed by atoms with Crippen LogP contribution in [0.3, 0.4) is 0 Å². The summed E-state index contributed by atoms with van der Waals surface area (Å²) in [4.78, 5) is 22.1. The molecule has 1 rings (SSSR count). The number of anilines is 1. The molecule has 112 valence electrons. The van der Waals surface area contributed by atoms with Gasteiger partial charge in [-0.15, -0.1) is 0 Å². The number of hydrogen-bond donors (Lipinski definition) is 3. The first-order chi connectivity index (χ1) is 9.06. The molecule has 1 atom stereocenters. The maximum Gasteiger partial charge on any atom is 0.417 e. The highest BCUT2D eigenvalue weighted by Crippen LogP contribution is 2.30. The van der Waals surface area contributed by atoms with Crippen LogP contribution in [0, 0.1) is 6.92 Å². The van der Waals surface area contributed by atoms with Crippen LogP contribution in [0.2, 0.25) is 0 Å². The minimum atomic E-state index is -5.05. The predicted octanol–water partition coefficient (Wildman–Crippen LogP) is 0.917. The number of rotatable bonds is 5. The van der Waals surface area contributed by atoms with Crippen LogP contribution in [0.1, 0.15) is 12.7 Å². The number of carbonyl (C=O) groups is 2. The normalized spacial score (nSPS) is 14.7. The molecule has 0 aliphatic heterocycles. The van der Waals surface area contributed by atoms with Crippen molar-refractivity contribution in [2.75, 3.05) is 11.9 Å². The molecular weight excluding hydrogens is 283 g/mol. The molecule has 3 N–H and O–H groups in total. The van der Waals surface area contributed by atoms with Gasteiger partial charge in [0.2, 0.25) is 11.4 Å². The molecule has 0 bridgehead atoms. The van der Waals surface area contributed by atoms with Gasteiger partial charge in [-0.2, -0.15) is 13.2 Å². The summed E-state index contributed by atoms with van der Waals surface area (Å²) < 4.78 is 42.5. The fourth-order valence-electron chi connectivity index (χ4n) is 1.17. The van der Waals surface area contributed by atoms with Crippen molar-refractivity contribution in [3.05, 3.63) is 11.8 Å². The van der Waals surface area contributed by atoms with Crippen LogP contribution in [0.5, 0.6) is 0 Å². The predicted molar refractivity (Wildman–Crippen MR) is 60.0 cm³/mol. The van der Waals surface area contributed by atoms with E-state index in [4.69, 9.17) is 5.11 Å². The largest absolute Gasteiger partial charge is 0.480 e. The highest BCUT2D eigenvalue weighted by Gasteiger charge is 2.57. The standard InChI is InChI=1S/C10H12F3N3O4/c1-5-3-6(16-20-5)15-7(17)4-14-9(2,8(18)19)10(11,12)13/h3,14H,4H2,1-2H3,(H,18,19)(H,15,16,17). The highest BCUT2D eigenvalue weighted by molar-refractivity contribution is 5.92. The number of nitrogens with zero attached hydrogens (tertiary/aromatic N) is 1. The third-order valence-corrected chi connectivity index (χ3v) is 2.49. The molecule has 0 radical (unpaired) electrons. The van der Waals surface area contributed by atoms with Gasteiger partial charge in [-0.25, -0.2) is 4.79 Å². The van der Waals surface area contributed by atoms with E-state index in [0.717, 1.165) is 0 Å². The molecule has 20 heavy (non-hydrogen) atoms. The van der Waals surface area contributed by atoms with Crippen LogP contribution >= 0.6 is 0 Å². The number of halogens is 3. The van der Waals surface area contributed by atoms with Crippen LogP contribution in [-0.2, 0) is 9.59 Å². The topological polar surface area (TPSA) is 104 Å². The van der Waals surface area contributed by atoms with Gasteiger partial charge >= 0.3 is 12.1 Å². The summed E-state index contributed by atoms with van der Waals surface area (Å²) in [6.45, 7) is 1.14. The highest BCUT2D eigenvalue weighted by atomic mass is 19.4. The lowest BCUT2D eigenvalue weighted by Gasteiger charge is -2.28. The summed E-state index contributed by atoms with van der Waals surface area (Å²) in [6.07, 6.45) is -5.05. The lowest BCUT2D eigenvalue weighted by molar-refractivity contribution is -0.205. The van der Waals surface area contributed by atoms with Gasteiger partial charge < -0.3 is 14.9 Å². The Morgan fingerprint density at radius 1 is 1.45 bits per heavy atom. The number of hydrogen-bond acceptors (Lipinski definition) is 5. The molecule has 10 heteroatoms. The van der Waals surface area contributed by atoms with Crippen LogP contribution in [0.4, 0.5) is 19.0 Å². The number of carboxylic acid groups (broad SMARTS) is 1. The number of amides is 1. The third kappa shape index (κ3) is 3.47. The summed E-state index contributed by atoms with van der Waals surface area (Å²) in [5.74, 6) is -2.58. The average Bonchev–Trinajstić information content (AvgIpc) is 2.69. The number of carboxylic acids is 1. The molecule has 1 heterocycles. The molecule has 1 aromatic rings. The van der Waals surface area contributed by atoms with Crippen LogP contribution < -0.4 is 10.6 Å². The molecule has 0 spiro atoms. The molecule has 0 saturated carbocycles. The van der Waals surface area contributed by atoms with Crippen molar-refractivity contribution in [3.8, 4) is 0 Å². The van der Waals surface area contributed by atoms with Crippen molar-refractivity contribution in [2.24, 2.45) is 0 Å². The van der Waals surface area contributed by atoms with Crippen molar-refractivity contribution < 1.29 is 32.4 Å². The number of aliphatic carboxylic acids is 1. The maximum absolute atomic E-state index is 12.6. The molecule has 0 aliphatic rings. The Morgan fingerprint density at radius 3 is 2.45 bits per heavy atom. The quantitative estimate of drug-likeness (QED) is 0.746. The van der Waals surface area contributed by atoms with Gasteiger partial charge in [0.05, 0.1) is 6.54 Å². The van der Waals surface area contributed by atoms with Gasteiger partial charge in [-0.05, 0) is 13.8 Å². The maximum atomic E-state index is 12.6.